The molecule has 0 heterocycles. The fraction of sp³-hybridized carbons (Fsp3) is 0.367. The minimum absolute atomic E-state index is 0.0750. The van der Waals surface area contributed by atoms with Gasteiger partial charge in [0.2, 0.25) is 5.91 Å². The zero-order chi connectivity index (χ0) is 25.2. The Bertz CT molecular complexity index is 1060. The lowest BCUT2D eigenvalue weighted by Gasteiger charge is -2.27. The van der Waals surface area contributed by atoms with Crippen molar-refractivity contribution >= 4 is 5.91 Å². The summed E-state index contributed by atoms with van der Waals surface area (Å²) in [6.45, 7) is 7.13. The Kier molecular flexibility index (Phi) is 9.59. The van der Waals surface area contributed by atoms with E-state index in [-0.39, 0.29) is 17.9 Å². The summed E-state index contributed by atoms with van der Waals surface area (Å²) in [4.78, 5) is 14.8. The maximum absolute atomic E-state index is 12.9. The summed E-state index contributed by atoms with van der Waals surface area (Å²) < 4.78 is 16.8. The molecular weight excluding hydrogens is 438 g/mol. The number of methoxy groups -OCH3 is 2. The van der Waals surface area contributed by atoms with Crippen LogP contribution in [0.5, 0.6) is 17.2 Å². The van der Waals surface area contributed by atoms with Crippen molar-refractivity contribution in [1.82, 2.24) is 4.90 Å². The van der Waals surface area contributed by atoms with Gasteiger partial charge < -0.3 is 19.1 Å². The molecule has 5 heteroatoms. The van der Waals surface area contributed by atoms with Crippen molar-refractivity contribution < 1.29 is 19.0 Å². The maximum Gasteiger partial charge on any atom is 0.222 e. The molecule has 1 atom stereocenters. The lowest BCUT2D eigenvalue weighted by Crippen LogP contribution is -2.31. The van der Waals surface area contributed by atoms with Gasteiger partial charge in [0.05, 0.1) is 20.3 Å². The van der Waals surface area contributed by atoms with Gasteiger partial charge in [-0.2, -0.15) is 0 Å². The summed E-state index contributed by atoms with van der Waals surface area (Å²) in [7, 11) is 3.37. The minimum Gasteiger partial charge on any atom is -0.497 e. The molecule has 0 aliphatic carbocycles. The Morgan fingerprint density at radius 1 is 0.857 bits per heavy atom. The van der Waals surface area contributed by atoms with Crippen LogP contribution in [-0.2, 0) is 11.3 Å². The van der Waals surface area contributed by atoms with E-state index in [1.54, 1.807) is 14.2 Å². The first kappa shape index (κ1) is 26.1. The van der Waals surface area contributed by atoms with Gasteiger partial charge in [-0.15, -0.1) is 0 Å². The highest BCUT2D eigenvalue weighted by Gasteiger charge is 2.21. The lowest BCUT2D eigenvalue weighted by atomic mass is 9.87. The summed E-state index contributed by atoms with van der Waals surface area (Å²) in [6, 6.07) is 24.3. The number of ether oxygens (including phenoxy) is 3. The number of carbonyl (C=O) groups excluding carboxylic acids is 1. The molecule has 0 fully saturated rings. The third-order valence-corrected chi connectivity index (χ3v) is 6.04. The first-order valence-electron chi connectivity index (χ1n) is 12.2. The fourth-order valence-electron chi connectivity index (χ4n) is 4.26. The van der Waals surface area contributed by atoms with Crippen molar-refractivity contribution in [1.29, 1.82) is 0 Å². The van der Waals surface area contributed by atoms with E-state index >= 15 is 0 Å². The van der Waals surface area contributed by atoms with Gasteiger partial charge in [-0.05, 0) is 61.7 Å². The zero-order valence-corrected chi connectivity index (χ0v) is 21.5. The molecule has 0 aliphatic rings. The van der Waals surface area contributed by atoms with Gasteiger partial charge in [0.1, 0.15) is 17.2 Å². The molecule has 0 spiro atoms. The SMILES string of the molecule is CCC(=O)N(CC[C@H](c1ccc(OC)cc1)c1ccccc1OC)Cc1ccc(OC(C)C)cc1. The molecule has 3 aromatic carbocycles. The van der Waals surface area contributed by atoms with Crippen LogP contribution in [0.3, 0.4) is 0 Å². The topological polar surface area (TPSA) is 48.0 Å². The Balaban J connectivity index is 1.83. The molecule has 35 heavy (non-hydrogen) atoms. The van der Waals surface area contributed by atoms with E-state index in [1.165, 1.54) is 0 Å². The Morgan fingerprint density at radius 2 is 1.51 bits per heavy atom. The van der Waals surface area contributed by atoms with Crippen molar-refractivity contribution in [2.75, 3.05) is 20.8 Å². The van der Waals surface area contributed by atoms with Gasteiger partial charge in [0.25, 0.3) is 0 Å². The van der Waals surface area contributed by atoms with E-state index < -0.39 is 0 Å². The van der Waals surface area contributed by atoms with Gasteiger partial charge in [0.15, 0.2) is 0 Å². The third kappa shape index (κ3) is 7.25. The highest BCUT2D eigenvalue weighted by molar-refractivity contribution is 5.75. The molecule has 0 radical (unpaired) electrons. The fourth-order valence-corrected chi connectivity index (χ4v) is 4.26. The molecule has 3 aromatic rings. The van der Waals surface area contributed by atoms with E-state index in [4.69, 9.17) is 14.2 Å². The Morgan fingerprint density at radius 3 is 2.11 bits per heavy atom. The van der Waals surface area contributed by atoms with Crippen LogP contribution in [0.25, 0.3) is 0 Å². The standard InChI is InChI=1S/C30H37NO4/c1-6-30(32)31(21-23-11-15-26(16-12-23)35-22(2)3)20-19-27(24-13-17-25(33-4)18-14-24)28-9-7-8-10-29(28)34-5/h7-18,22,27H,6,19-21H2,1-5H3/t27-/m1/s1. The first-order valence-corrected chi connectivity index (χ1v) is 12.2. The number of para-hydroxylation sites is 1. The number of hydrogen-bond donors (Lipinski definition) is 0. The summed E-state index contributed by atoms with van der Waals surface area (Å²) in [5, 5.41) is 0. The summed E-state index contributed by atoms with van der Waals surface area (Å²) in [6.07, 6.45) is 1.37. The second-order valence-corrected chi connectivity index (χ2v) is 8.84. The molecule has 0 saturated carbocycles. The van der Waals surface area contributed by atoms with E-state index in [2.05, 4.69) is 18.2 Å². The highest BCUT2D eigenvalue weighted by atomic mass is 16.5. The largest absolute Gasteiger partial charge is 0.497 e. The number of hydrogen-bond acceptors (Lipinski definition) is 4. The highest BCUT2D eigenvalue weighted by Crippen LogP contribution is 2.35. The van der Waals surface area contributed by atoms with Crippen molar-refractivity contribution in [3.8, 4) is 17.2 Å². The average molecular weight is 476 g/mol. The number of amides is 1. The van der Waals surface area contributed by atoms with Crippen molar-refractivity contribution in [2.24, 2.45) is 0 Å². The van der Waals surface area contributed by atoms with Crippen LogP contribution in [-0.4, -0.2) is 37.7 Å². The van der Waals surface area contributed by atoms with Gasteiger partial charge >= 0.3 is 0 Å². The monoisotopic (exact) mass is 475 g/mol. The van der Waals surface area contributed by atoms with Gasteiger partial charge in [0, 0.05) is 31.0 Å². The van der Waals surface area contributed by atoms with Crippen LogP contribution in [0.2, 0.25) is 0 Å². The van der Waals surface area contributed by atoms with Crippen LogP contribution >= 0.6 is 0 Å². The van der Waals surface area contributed by atoms with Crippen molar-refractivity contribution in [2.45, 2.75) is 52.2 Å². The molecule has 0 aromatic heterocycles. The van der Waals surface area contributed by atoms with Crippen LogP contribution in [0.15, 0.2) is 72.8 Å². The van der Waals surface area contributed by atoms with E-state index in [1.807, 2.05) is 80.3 Å². The van der Waals surface area contributed by atoms with Gasteiger partial charge in [-0.1, -0.05) is 49.4 Å². The van der Waals surface area contributed by atoms with E-state index in [9.17, 15) is 4.79 Å². The molecule has 0 bridgehead atoms. The number of nitrogens with zero attached hydrogens (tertiary/aromatic N) is 1. The summed E-state index contributed by atoms with van der Waals surface area (Å²) >= 11 is 0. The molecule has 5 nitrogen and oxygen atoms in total. The molecule has 186 valence electrons. The summed E-state index contributed by atoms with van der Waals surface area (Å²) in [5.41, 5.74) is 3.36. The van der Waals surface area contributed by atoms with Crippen LogP contribution in [0.1, 0.15) is 56.2 Å². The second kappa shape index (κ2) is 12.8. The first-order chi connectivity index (χ1) is 16.9. The third-order valence-electron chi connectivity index (χ3n) is 6.04. The van der Waals surface area contributed by atoms with Crippen LogP contribution in [0, 0.1) is 0 Å². The van der Waals surface area contributed by atoms with Gasteiger partial charge in [-0.25, -0.2) is 0 Å². The molecule has 0 unspecified atom stereocenters. The van der Waals surface area contributed by atoms with E-state index in [0.717, 1.165) is 40.4 Å². The van der Waals surface area contributed by atoms with Crippen molar-refractivity contribution in [3.63, 3.8) is 0 Å². The smallest absolute Gasteiger partial charge is 0.222 e. The molecular formula is C30H37NO4. The van der Waals surface area contributed by atoms with Crippen LogP contribution < -0.4 is 14.2 Å². The van der Waals surface area contributed by atoms with Gasteiger partial charge in [-0.3, -0.25) is 4.79 Å². The molecule has 0 N–H and O–H groups in total. The Labute approximate surface area is 209 Å². The Hall–Kier alpha value is -3.47. The molecule has 3 rings (SSSR count). The quantitative estimate of drug-likeness (QED) is 0.302. The number of rotatable bonds is 12. The normalized spacial score (nSPS) is 11.7. The average Bonchev–Trinajstić information content (AvgIpc) is 2.89. The number of benzene rings is 3. The number of carbonyl (C=O) groups is 1. The molecule has 1 amide bonds. The van der Waals surface area contributed by atoms with Crippen molar-refractivity contribution in [3.05, 3.63) is 89.5 Å². The zero-order valence-electron chi connectivity index (χ0n) is 21.5. The minimum atomic E-state index is 0.0750. The summed E-state index contributed by atoms with van der Waals surface area (Å²) in [5.74, 6) is 2.72. The molecule has 0 saturated heterocycles. The second-order valence-electron chi connectivity index (χ2n) is 8.84. The van der Waals surface area contributed by atoms with E-state index in [0.29, 0.717) is 19.5 Å². The van der Waals surface area contributed by atoms with Crippen LogP contribution in [0.4, 0.5) is 0 Å². The predicted molar refractivity (Wildman–Crippen MR) is 140 cm³/mol. The molecule has 0 aliphatic heterocycles. The maximum atomic E-state index is 12.9. The predicted octanol–water partition coefficient (Wildman–Crippen LogP) is 6.45. The lowest BCUT2D eigenvalue weighted by molar-refractivity contribution is -0.131.